The summed E-state index contributed by atoms with van der Waals surface area (Å²) in [4.78, 5) is 13.3. The van der Waals surface area contributed by atoms with Gasteiger partial charge in [0, 0.05) is 12.6 Å². The first-order chi connectivity index (χ1) is 10.5. The van der Waals surface area contributed by atoms with Crippen LogP contribution in [0.2, 0.25) is 0 Å². The van der Waals surface area contributed by atoms with Crippen LogP contribution in [0.15, 0.2) is 36.4 Å². The van der Waals surface area contributed by atoms with Gasteiger partial charge in [-0.05, 0) is 31.9 Å². The Morgan fingerprint density at radius 2 is 2.05 bits per heavy atom. The number of rotatable bonds is 5. The second kappa shape index (κ2) is 7.56. The summed E-state index contributed by atoms with van der Waals surface area (Å²) in [6, 6.07) is 10.3. The number of aliphatic hydroxyl groups is 1. The summed E-state index contributed by atoms with van der Waals surface area (Å²) < 4.78 is 0. The molecule has 0 bridgehead atoms. The quantitative estimate of drug-likeness (QED) is 0.878. The molecule has 4 heteroatoms. The van der Waals surface area contributed by atoms with Crippen molar-refractivity contribution >= 4 is 12.0 Å². The molecule has 0 aliphatic carbocycles. The van der Waals surface area contributed by atoms with Gasteiger partial charge < -0.3 is 10.2 Å². The van der Waals surface area contributed by atoms with Crippen molar-refractivity contribution in [2.45, 2.75) is 44.2 Å². The summed E-state index contributed by atoms with van der Waals surface area (Å²) in [5, 5.41) is 19.2. The smallest absolute Gasteiger partial charge is 0.336 e. The minimum absolute atomic E-state index is 0.159. The number of carboxylic acids is 1. The summed E-state index contributed by atoms with van der Waals surface area (Å²) in [6.07, 6.45) is 8.55. The van der Waals surface area contributed by atoms with Crippen molar-refractivity contribution in [3.63, 3.8) is 0 Å². The van der Waals surface area contributed by atoms with E-state index in [1.807, 2.05) is 30.3 Å². The summed E-state index contributed by atoms with van der Waals surface area (Å²) in [6.45, 7) is 2.36. The molecule has 2 atom stereocenters. The third-order valence-corrected chi connectivity index (χ3v) is 4.20. The number of benzene rings is 1. The standard InChI is InChI=1S/C18H25NO3/c1-18(22,17(20)21)14-19-13-7-3-6-10-16(19)12-11-15-8-4-2-5-9-15/h2,4-5,8-9,11-12,16,22H,3,6-7,10,13-14H2,1H3,(H,20,21)/b12-11+. The Morgan fingerprint density at radius 3 is 2.73 bits per heavy atom. The van der Waals surface area contributed by atoms with Crippen LogP contribution < -0.4 is 0 Å². The van der Waals surface area contributed by atoms with Gasteiger partial charge in [0.2, 0.25) is 0 Å². The van der Waals surface area contributed by atoms with Gasteiger partial charge in [0.1, 0.15) is 0 Å². The van der Waals surface area contributed by atoms with Crippen molar-refractivity contribution < 1.29 is 15.0 Å². The minimum atomic E-state index is -1.71. The van der Waals surface area contributed by atoms with Crippen LogP contribution in [0, 0.1) is 0 Å². The number of hydrogen-bond acceptors (Lipinski definition) is 3. The maximum Gasteiger partial charge on any atom is 0.336 e. The van der Waals surface area contributed by atoms with Crippen molar-refractivity contribution in [2.24, 2.45) is 0 Å². The monoisotopic (exact) mass is 303 g/mol. The fraction of sp³-hybridized carbons (Fsp3) is 0.500. The van der Waals surface area contributed by atoms with Gasteiger partial charge in [-0.1, -0.05) is 55.3 Å². The molecule has 1 aliphatic heterocycles. The van der Waals surface area contributed by atoms with Gasteiger partial charge in [-0.2, -0.15) is 0 Å². The second-order valence-corrected chi connectivity index (χ2v) is 6.24. The van der Waals surface area contributed by atoms with Crippen LogP contribution in [0.5, 0.6) is 0 Å². The van der Waals surface area contributed by atoms with E-state index in [4.69, 9.17) is 5.11 Å². The number of carboxylic acid groups (broad SMARTS) is 1. The van der Waals surface area contributed by atoms with Crippen LogP contribution in [0.4, 0.5) is 0 Å². The van der Waals surface area contributed by atoms with Crippen LogP contribution in [-0.2, 0) is 4.79 Å². The fourth-order valence-electron chi connectivity index (χ4n) is 2.86. The second-order valence-electron chi connectivity index (χ2n) is 6.24. The molecule has 120 valence electrons. The zero-order valence-corrected chi connectivity index (χ0v) is 13.1. The first-order valence-corrected chi connectivity index (χ1v) is 7.92. The number of aliphatic carboxylic acids is 1. The first kappa shape index (κ1) is 16.7. The molecule has 2 rings (SSSR count). The summed E-state index contributed by atoms with van der Waals surface area (Å²) in [7, 11) is 0. The minimum Gasteiger partial charge on any atom is -0.479 e. The molecule has 1 fully saturated rings. The lowest BCUT2D eigenvalue weighted by atomic mass is 10.0. The maximum atomic E-state index is 11.2. The molecule has 1 aromatic carbocycles. The van der Waals surface area contributed by atoms with E-state index >= 15 is 0 Å². The maximum absolute atomic E-state index is 11.2. The molecule has 0 saturated carbocycles. The number of β-amino-alcohol motifs (C(OH)–C–C–N with tert-alkyl or cyclic N) is 1. The van der Waals surface area contributed by atoms with E-state index in [-0.39, 0.29) is 12.6 Å². The van der Waals surface area contributed by atoms with Gasteiger partial charge in [-0.3, -0.25) is 4.90 Å². The van der Waals surface area contributed by atoms with Crippen molar-refractivity contribution in [3.05, 3.63) is 42.0 Å². The number of hydrogen-bond donors (Lipinski definition) is 2. The zero-order valence-electron chi connectivity index (χ0n) is 13.1. The summed E-state index contributed by atoms with van der Waals surface area (Å²) in [5.41, 5.74) is -0.569. The summed E-state index contributed by atoms with van der Waals surface area (Å²) in [5.74, 6) is -1.16. The van der Waals surface area contributed by atoms with E-state index < -0.39 is 11.6 Å². The van der Waals surface area contributed by atoms with Gasteiger partial charge in [-0.25, -0.2) is 4.79 Å². The normalized spacial score (nSPS) is 23.1. The van der Waals surface area contributed by atoms with E-state index in [2.05, 4.69) is 17.1 Å². The van der Waals surface area contributed by atoms with Gasteiger partial charge in [0.25, 0.3) is 0 Å². The highest BCUT2D eigenvalue weighted by Gasteiger charge is 2.34. The molecule has 2 unspecified atom stereocenters. The van der Waals surface area contributed by atoms with Crippen LogP contribution in [0.1, 0.15) is 38.2 Å². The van der Waals surface area contributed by atoms with Crippen LogP contribution >= 0.6 is 0 Å². The molecule has 1 aliphatic rings. The highest BCUT2D eigenvalue weighted by atomic mass is 16.4. The molecular formula is C18H25NO3. The Hall–Kier alpha value is -1.65. The highest BCUT2D eigenvalue weighted by Crippen LogP contribution is 2.21. The Labute approximate surface area is 132 Å². The molecule has 1 aromatic rings. The van der Waals surface area contributed by atoms with E-state index in [9.17, 15) is 9.90 Å². The lowest BCUT2D eigenvalue weighted by Gasteiger charge is -2.32. The summed E-state index contributed by atoms with van der Waals surface area (Å²) >= 11 is 0. The van der Waals surface area contributed by atoms with Gasteiger partial charge in [0.15, 0.2) is 5.60 Å². The lowest BCUT2D eigenvalue weighted by Crippen LogP contribution is -2.49. The fourth-order valence-corrected chi connectivity index (χ4v) is 2.86. The van der Waals surface area contributed by atoms with Crippen LogP contribution in [0.3, 0.4) is 0 Å². The SMILES string of the molecule is CC(O)(CN1CCCCCC1/C=C/c1ccccc1)C(=O)O. The van der Waals surface area contributed by atoms with Crippen molar-refractivity contribution in [1.29, 1.82) is 0 Å². The average Bonchev–Trinajstić information content (AvgIpc) is 2.71. The third-order valence-electron chi connectivity index (χ3n) is 4.20. The number of likely N-dealkylation sites (tertiary alicyclic amines) is 1. The topological polar surface area (TPSA) is 60.8 Å². The molecule has 0 spiro atoms. The Bertz CT molecular complexity index is 510. The van der Waals surface area contributed by atoms with Crippen molar-refractivity contribution in [3.8, 4) is 0 Å². The molecule has 4 nitrogen and oxygen atoms in total. The Kier molecular flexibility index (Phi) is 5.75. The lowest BCUT2D eigenvalue weighted by molar-refractivity contribution is -0.158. The number of carbonyl (C=O) groups is 1. The molecule has 0 aromatic heterocycles. The van der Waals surface area contributed by atoms with E-state index in [0.717, 1.165) is 37.8 Å². The number of nitrogens with zero attached hydrogens (tertiary/aromatic N) is 1. The van der Waals surface area contributed by atoms with E-state index in [0.29, 0.717) is 0 Å². The predicted octanol–water partition coefficient (Wildman–Crippen LogP) is 2.78. The van der Waals surface area contributed by atoms with Crippen molar-refractivity contribution in [2.75, 3.05) is 13.1 Å². The highest BCUT2D eigenvalue weighted by molar-refractivity contribution is 5.76. The molecule has 0 amide bonds. The molecule has 1 heterocycles. The molecule has 22 heavy (non-hydrogen) atoms. The first-order valence-electron chi connectivity index (χ1n) is 7.92. The predicted molar refractivity (Wildman–Crippen MR) is 87.6 cm³/mol. The molecule has 1 saturated heterocycles. The van der Waals surface area contributed by atoms with Crippen LogP contribution in [-0.4, -0.2) is 45.8 Å². The largest absolute Gasteiger partial charge is 0.479 e. The average molecular weight is 303 g/mol. The third kappa shape index (κ3) is 4.68. The molecule has 0 radical (unpaired) electrons. The van der Waals surface area contributed by atoms with Crippen LogP contribution in [0.25, 0.3) is 6.08 Å². The zero-order chi connectivity index (χ0) is 16.0. The molecule has 2 N–H and O–H groups in total. The van der Waals surface area contributed by atoms with Gasteiger partial charge >= 0.3 is 5.97 Å². The van der Waals surface area contributed by atoms with E-state index in [1.165, 1.54) is 6.92 Å². The Morgan fingerprint density at radius 1 is 1.32 bits per heavy atom. The molecular weight excluding hydrogens is 278 g/mol. The van der Waals surface area contributed by atoms with Crippen molar-refractivity contribution in [1.82, 2.24) is 4.90 Å². The Balaban J connectivity index is 2.10. The van der Waals surface area contributed by atoms with E-state index in [1.54, 1.807) is 0 Å². The van der Waals surface area contributed by atoms with Gasteiger partial charge in [0.05, 0.1) is 0 Å². The van der Waals surface area contributed by atoms with Gasteiger partial charge in [-0.15, -0.1) is 0 Å².